The standard InChI is InChI=1S/C22H24N4O/c1-27-22-3-2-15(10-18(22)13-23)17-11-16-4-7-25-14-20(16)21(12-17)26-19-5-8-24-9-6-19/h2-4,7,10-12,19,24-26H,5-6,8-9,14H2,1H3. The number of fused-ring (bicyclic) bond motifs is 1. The van der Waals surface area contributed by atoms with E-state index in [0.717, 1.165) is 43.6 Å². The first-order valence-corrected chi connectivity index (χ1v) is 9.41. The highest BCUT2D eigenvalue weighted by atomic mass is 16.5. The molecule has 2 aromatic rings. The van der Waals surface area contributed by atoms with Crippen LogP contribution >= 0.6 is 0 Å². The van der Waals surface area contributed by atoms with Gasteiger partial charge in [-0.1, -0.05) is 6.07 Å². The Labute approximate surface area is 160 Å². The van der Waals surface area contributed by atoms with Gasteiger partial charge in [0.25, 0.3) is 0 Å². The average molecular weight is 360 g/mol. The van der Waals surface area contributed by atoms with Crippen LogP contribution in [0.3, 0.4) is 0 Å². The van der Waals surface area contributed by atoms with E-state index in [1.165, 1.54) is 16.8 Å². The van der Waals surface area contributed by atoms with Crippen LogP contribution in [0.4, 0.5) is 5.69 Å². The molecule has 1 fully saturated rings. The highest BCUT2D eigenvalue weighted by molar-refractivity contribution is 5.78. The molecular weight excluding hydrogens is 336 g/mol. The second-order valence-electron chi connectivity index (χ2n) is 7.00. The lowest BCUT2D eigenvalue weighted by atomic mass is 9.94. The number of anilines is 1. The minimum absolute atomic E-state index is 0.488. The SMILES string of the molecule is COc1ccc(-c2cc3c(c(NC4CCNCC4)c2)CNC=C3)cc1C#N. The van der Waals surface area contributed by atoms with Crippen LogP contribution < -0.4 is 20.7 Å². The van der Waals surface area contributed by atoms with Gasteiger partial charge in [0, 0.05) is 23.8 Å². The maximum absolute atomic E-state index is 9.42. The molecule has 5 nitrogen and oxygen atoms in total. The van der Waals surface area contributed by atoms with Crippen LogP contribution in [0, 0.1) is 11.3 Å². The van der Waals surface area contributed by atoms with Gasteiger partial charge in [-0.25, -0.2) is 0 Å². The van der Waals surface area contributed by atoms with Gasteiger partial charge in [0.1, 0.15) is 11.8 Å². The Morgan fingerprint density at radius 2 is 2.00 bits per heavy atom. The zero-order valence-electron chi connectivity index (χ0n) is 15.5. The van der Waals surface area contributed by atoms with Gasteiger partial charge < -0.3 is 20.7 Å². The van der Waals surface area contributed by atoms with Crippen LogP contribution in [0.1, 0.15) is 29.5 Å². The van der Waals surface area contributed by atoms with Crippen molar-refractivity contribution >= 4 is 11.8 Å². The maximum Gasteiger partial charge on any atom is 0.136 e. The van der Waals surface area contributed by atoms with Gasteiger partial charge in [-0.05, 0) is 79.2 Å². The van der Waals surface area contributed by atoms with Crippen molar-refractivity contribution in [3.8, 4) is 22.9 Å². The Bertz CT molecular complexity index is 907. The Balaban J connectivity index is 1.74. The van der Waals surface area contributed by atoms with Gasteiger partial charge >= 0.3 is 0 Å². The lowest BCUT2D eigenvalue weighted by Gasteiger charge is -2.28. The number of piperidine rings is 1. The Kier molecular flexibility index (Phi) is 4.99. The van der Waals surface area contributed by atoms with E-state index in [4.69, 9.17) is 4.74 Å². The number of rotatable bonds is 4. The Morgan fingerprint density at radius 1 is 1.15 bits per heavy atom. The highest BCUT2D eigenvalue weighted by Crippen LogP contribution is 2.34. The molecule has 27 heavy (non-hydrogen) atoms. The maximum atomic E-state index is 9.42. The summed E-state index contributed by atoms with van der Waals surface area (Å²) >= 11 is 0. The van der Waals surface area contributed by atoms with E-state index in [1.807, 2.05) is 24.4 Å². The largest absolute Gasteiger partial charge is 0.495 e. The van der Waals surface area contributed by atoms with Crippen molar-refractivity contribution in [2.45, 2.75) is 25.4 Å². The smallest absolute Gasteiger partial charge is 0.136 e. The molecule has 2 aromatic carbocycles. The fraction of sp³-hybridized carbons (Fsp3) is 0.318. The third-order valence-electron chi connectivity index (χ3n) is 5.30. The van der Waals surface area contributed by atoms with Gasteiger partial charge in [-0.3, -0.25) is 0 Å². The van der Waals surface area contributed by atoms with Crippen LogP contribution in [-0.4, -0.2) is 26.2 Å². The molecule has 0 radical (unpaired) electrons. The van der Waals surface area contributed by atoms with Gasteiger partial charge in [0.05, 0.1) is 12.7 Å². The van der Waals surface area contributed by atoms with E-state index in [9.17, 15) is 5.26 Å². The summed E-state index contributed by atoms with van der Waals surface area (Å²) in [5.74, 6) is 0.608. The summed E-state index contributed by atoms with van der Waals surface area (Å²) < 4.78 is 5.28. The molecular formula is C22H24N4O. The molecule has 0 aromatic heterocycles. The molecule has 0 saturated carbocycles. The average Bonchev–Trinajstić information content (AvgIpc) is 2.74. The van der Waals surface area contributed by atoms with Crippen molar-refractivity contribution in [2.75, 3.05) is 25.5 Å². The van der Waals surface area contributed by atoms with Crippen LogP contribution in [0.5, 0.6) is 5.75 Å². The molecule has 0 spiro atoms. The Morgan fingerprint density at radius 3 is 2.78 bits per heavy atom. The van der Waals surface area contributed by atoms with Crippen LogP contribution in [0.2, 0.25) is 0 Å². The summed E-state index contributed by atoms with van der Waals surface area (Å²) in [5, 5.41) is 19.9. The molecule has 2 aliphatic rings. The van der Waals surface area contributed by atoms with E-state index in [1.54, 1.807) is 7.11 Å². The lowest BCUT2D eigenvalue weighted by Crippen LogP contribution is -2.35. The second-order valence-corrected chi connectivity index (χ2v) is 7.00. The molecule has 0 amide bonds. The third-order valence-corrected chi connectivity index (χ3v) is 5.30. The summed E-state index contributed by atoms with van der Waals surface area (Å²) in [6.45, 7) is 2.94. The molecule has 0 aliphatic carbocycles. The summed E-state index contributed by atoms with van der Waals surface area (Å²) in [6, 6.07) is 12.9. The summed E-state index contributed by atoms with van der Waals surface area (Å²) in [5.41, 5.74) is 6.38. The van der Waals surface area contributed by atoms with E-state index in [-0.39, 0.29) is 0 Å². The summed E-state index contributed by atoms with van der Waals surface area (Å²) in [4.78, 5) is 0. The van der Waals surface area contributed by atoms with Crippen molar-refractivity contribution in [1.29, 1.82) is 5.26 Å². The zero-order valence-corrected chi connectivity index (χ0v) is 15.5. The predicted octanol–water partition coefficient (Wildman–Crippen LogP) is 3.47. The number of nitrogens with zero attached hydrogens (tertiary/aromatic N) is 1. The number of ether oxygens (including phenoxy) is 1. The topological polar surface area (TPSA) is 69.1 Å². The van der Waals surface area contributed by atoms with Crippen molar-refractivity contribution in [1.82, 2.24) is 10.6 Å². The molecule has 5 heteroatoms. The molecule has 1 saturated heterocycles. The molecule has 0 bridgehead atoms. The molecule has 3 N–H and O–H groups in total. The number of nitriles is 1. The second kappa shape index (κ2) is 7.73. The minimum Gasteiger partial charge on any atom is -0.495 e. The summed E-state index contributed by atoms with van der Waals surface area (Å²) in [6.07, 6.45) is 6.37. The highest BCUT2D eigenvalue weighted by Gasteiger charge is 2.18. The molecule has 2 heterocycles. The third kappa shape index (κ3) is 3.62. The van der Waals surface area contributed by atoms with E-state index < -0.39 is 0 Å². The fourth-order valence-corrected chi connectivity index (χ4v) is 3.81. The quantitative estimate of drug-likeness (QED) is 0.779. The monoisotopic (exact) mass is 360 g/mol. The number of hydrogen-bond acceptors (Lipinski definition) is 5. The first-order chi connectivity index (χ1) is 13.3. The predicted molar refractivity (Wildman–Crippen MR) is 109 cm³/mol. The molecule has 0 unspecified atom stereocenters. The van der Waals surface area contributed by atoms with Crippen molar-refractivity contribution in [3.63, 3.8) is 0 Å². The van der Waals surface area contributed by atoms with Crippen LogP contribution in [0.15, 0.2) is 36.5 Å². The van der Waals surface area contributed by atoms with Crippen molar-refractivity contribution in [3.05, 3.63) is 53.2 Å². The lowest BCUT2D eigenvalue weighted by molar-refractivity contribution is 0.413. The number of benzene rings is 2. The van der Waals surface area contributed by atoms with Gasteiger partial charge in [0.2, 0.25) is 0 Å². The zero-order chi connectivity index (χ0) is 18.6. The number of nitrogens with one attached hydrogen (secondary N) is 3. The Hall–Kier alpha value is -2.97. The summed E-state index contributed by atoms with van der Waals surface area (Å²) in [7, 11) is 1.59. The first-order valence-electron chi connectivity index (χ1n) is 9.41. The fourth-order valence-electron chi connectivity index (χ4n) is 3.81. The van der Waals surface area contributed by atoms with Crippen molar-refractivity contribution < 1.29 is 4.74 Å². The van der Waals surface area contributed by atoms with E-state index in [0.29, 0.717) is 17.4 Å². The number of hydrogen-bond donors (Lipinski definition) is 3. The minimum atomic E-state index is 0.488. The van der Waals surface area contributed by atoms with Crippen LogP contribution in [-0.2, 0) is 6.54 Å². The van der Waals surface area contributed by atoms with Gasteiger partial charge in [-0.15, -0.1) is 0 Å². The van der Waals surface area contributed by atoms with E-state index >= 15 is 0 Å². The van der Waals surface area contributed by atoms with Crippen molar-refractivity contribution in [2.24, 2.45) is 0 Å². The van der Waals surface area contributed by atoms with E-state index in [2.05, 4.69) is 40.2 Å². The number of methoxy groups -OCH3 is 1. The first kappa shape index (κ1) is 17.4. The normalized spacial score (nSPS) is 16.1. The van der Waals surface area contributed by atoms with Gasteiger partial charge in [0.15, 0.2) is 0 Å². The molecule has 138 valence electrons. The molecule has 2 aliphatic heterocycles. The van der Waals surface area contributed by atoms with Crippen LogP contribution in [0.25, 0.3) is 17.2 Å². The van der Waals surface area contributed by atoms with Gasteiger partial charge in [-0.2, -0.15) is 5.26 Å². The molecule has 0 atom stereocenters. The molecule has 4 rings (SSSR count).